The molecule has 1 fully saturated rings. The second-order valence-electron chi connectivity index (χ2n) is 4.33. The van der Waals surface area contributed by atoms with Crippen molar-refractivity contribution in [1.29, 1.82) is 0 Å². The number of carboxylic acid groups (broad SMARTS) is 1. The largest absolute Gasteiger partial charge is 0.481 e. The molecule has 0 amide bonds. The smallest absolute Gasteiger partial charge is 0.306 e. The van der Waals surface area contributed by atoms with Gasteiger partial charge in [-0.25, -0.2) is 0 Å². The molecule has 1 aliphatic heterocycles. The Morgan fingerprint density at radius 3 is 2.80 bits per heavy atom. The molecule has 0 saturated carbocycles. The van der Waals surface area contributed by atoms with Gasteiger partial charge in [-0.3, -0.25) is 9.69 Å². The normalized spacial score (nSPS) is 29.1. The van der Waals surface area contributed by atoms with E-state index in [0.29, 0.717) is 6.04 Å². The molecule has 0 aromatic carbocycles. The van der Waals surface area contributed by atoms with E-state index >= 15 is 0 Å². The van der Waals surface area contributed by atoms with Crippen molar-refractivity contribution in [3.8, 4) is 0 Å². The highest BCUT2D eigenvalue weighted by Gasteiger charge is 2.29. The molecule has 0 aromatic heterocycles. The quantitative estimate of drug-likeness (QED) is 0.811. The van der Waals surface area contributed by atoms with E-state index in [1.54, 1.807) is 5.54 Å². The maximum atomic E-state index is 10.8. The number of hydrogen-bond donors (Lipinski definition) is 1. The fraction of sp³-hybridized carbons (Fsp3) is 0.727. The van der Waals surface area contributed by atoms with Crippen LogP contribution in [0.3, 0.4) is 0 Å². The van der Waals surface area contributed by atoms with E-state index in [9.17, 15) is 4.79 Å². The zero-order valence-electron chi connectivity index (χ0n) is 9.24. The van der Waals surface area contributed by atoms with Gasteiger partial charge in [0, 0.05) is 18.1 Å². The predicted molar refractivity (Wildman–Crippen MR) is 61.0 cm³/mol. The fourth-order valence-electron chi connectivity index (χ4n) is 2.03. The van der Waals surface area contributed by atoms with Crippen LogP contribution < -0.4 is 0 Å². The molecule has 0 spiro atoms. The molecule has 1 aliphatic rings. The van der Waals surface area contributed by atoms with Crippen molar-refractivity contribution in [2.45, 2.75) is 32.7 Å². The SMILES string of the molecule is CC(=CCl)CN1CCC(C(=O)O)CC1C. The van der Waals surface area contributed by atoms with E-state index in [2.05, 4.69) is 11.8 Å². The lowest BCUT2D eigenvalue weighted by atomic mass is 9.91. The van der Waals surface area contributed by atoms with Gasteiger partial charge in [0.05, 0.1) is 5.92 Å². The molecule has 1 heterocycles. The second kappa shape index (κ2) is 5.52. The zero-order valence-corrected chi connectivity index (χ0v) is 10.00. The van der Waals surface area contributed by atoms with Gasteiger partial charge < -0.3 is 5.11 Å². The number of rotatable bonds is 3. The molecule has 3 nitrogen and oxygen atoms in total. The van der Waals surface area contributed by atoms with Crippen LogP contribution in [0.15, 0.2) is 11.1 Å². The van der Waals surface area contributed by atoms with Crippen molar-refractivity contribution in [2.24, 2.45) is 5.92 Å². The lowest BCUT2D eigenvalue weighted by Gasteiger charge is -2.36. The molecule has 86 valence electrons. The molecule has 0 radical (unpaired) electrons. The molecule has 0 bridgehead atoms. The number of piperidine rings is 1. The highest BCUT2D eigenvalue weighted by atomic mass is 35.5. The molecule has 1 rings (SSSR count). The van der Waals surface area contributed by atoms with Crippen molar-refractivity contribution in [3.63, 3.8) is 0 Å². The standard InChI is InChI=1S/C11H18ClNO2/c1-8(6-12)7-13-4-3-10(11(14)15)5-9(13)2/h6,9-10H,3-5,7H2,1-2H3,(H,14,15). The fourth-order valence-corrected chi connectivity index (χ4v) is 2.10. The van der Waals surface area contributed by atoms with Crippen molar-refractivity contribution >= 4 is 17.6 Å². The first kappa shape index (κ1) is 12.5. The van der Waals surface area contributed by atoms with Crippen molar-refractivity contribution in [1.82, 2.24) is 4.90 Å². The van der Waals surface area contributed by atoms with Gasteiger partial charge in [-0.15, -0.1) is 0 Å². The van der Waals surface area contributed by atoms with Crippen LogP contribution in [-0.2, 0) is 4.79 Å². The first-order valence-corrected chi connectivity index (χ1v) is 5.71. The lowest BCUT2D eigenvalue weighted by Crippen LogP contribution is -2.43. The van der Waals surface area contributed by atoms with E-state index < -0.39 is 5.97 Å². The summed E-state index contributed by atoms with van der Waals surface area (Å²) in [5, 5.41) is 8.92. The summed E-state index contributed by atoms with van der Waals surface area (Å²) in [6.07, 6.45) is 1.49. The van der Waals surface area contributed by atoms with Crippen LogP contribution in [-0.4, -0.2) is 35.1 Å². The molecule has 0 aromatic rings. The van der Waals surface area contributed by atoms with Gasteiger partial charge in [-0.2, -0.15) is 0 Å². The van der Waals surface area contributed by atoms with Crippen LogP contribution in [0, 0.1) is 5.92 Å². The minimum Gasteiger partial charge on any atom is -0.481 e. The Morgan fingerprint density at radius 2 is 2.33 bits per heavy atom. The van der Waals surface area contributed by atoms with E-state index in [1.807, 2.05) is 6.92 Å². The maximum absolute atomic E-state index is 10.8. The number of aliphatic carboxylic acids is 1. The van der Waals surface area contributed by atoms with Gasteiger partial charge in [0.25, 0.3) is 0 Å². The summed E-state index contributed by atoms with van der Waals surface area (Å²) in [5.41, 5.74) is 2.72. The van der Waals surface area contributed by atoms with Crippen LogP contribution >= 0.6 is 11.6 Å². The number of hydrogen-bond acceptors (Lipinski definition) is 2. The third kappa shape index (κ3) is 3.50. The zero-order chi connectivity index (χ0) is 11.4. The minimum atomic E-state index is -0.661. The molecule has 0 aliphatic carbocycles. The highest BCUT2D eigenvalue weighted by Crippen LogP contribution is 2.23. The van der Waals surface area contributed by atoms with Crippen LogP contribution in [0.25, 0.3) is 0 Å². The van der Waals surface area contributed by atoms with Crippen molar-refractivity contribution < 1.29 is 9.90 Å². The molecular formula is C11H18ClNO2. The summed E-state index contributed by atoms with van der Waals surface area (Å²) >= 11 is 5.62. The van der Waals surface area contributed by atoms with Crippen molar-refractivity contribution in [2.75, 3.05) is 13.1 Å². The average Bonchev–Trinajstić information content (AvgIpc) is 2.20. The lowest BCUT2D eigenvalue weighted by molar-refractivity contribution is -0.143. The third-order valence-electron chi connectivity index (χ3n) is 3.00. The summed E-state index contributed by atoms with van der Waals surface area (Å²) in [4.78, 5) is 13.1. The summed E-state index contributed by atoms with van der Waals surface area (Å²) in [7, 11) is 0. The monoisotopic (exact) mass is 231 g/mol. The van der Waals surface area contributed by atoms with Crippen LogP contribution in [0.5, 0.6) is 0 Å². The van der Waals surface area contributed by atoms with E-state index in [-0.39, 0.29) is 5.92 Å². The van der Waals surface area contributed by atoms with E-state index in [4.69, 9.17) is 16.7 Å². The molecule has 1 N–H and O–H groups in total. The Morgan fingerprint density at radius 1 is 1.67 bits per heavy atom. The van der Waals surface area contributed by atoms with Gasteiger partial charge in [0.1, 0.15) is 0 Å². The Hall–Kier alpha value is -0.540. The van der Waals surface area contributed by atoms with Gasteiger partial charge in [-0.1, -0.05) is 11.6 Å². The predicted octanol–water partition coefficient (Wildman–Crippen LogP) is 2.31. The third-order valence-corrected chi connectivity index (χ3v) is 3.37. The highest BCUT2D eigenvalue weighted by molar-refractivity contribution is 6.25. The second-order valence-corrected chi connectivity index (χ2v) is 4.55. The molecule has 2 atom stereocenters. The average molecular weight is 232 g/mol. The number of carbonyl (C=O) groups is 1. The first-order chi connectivity index (χ1) is 7.04. The Bertz CT molecular complexity index is 265. The van der Waals surface area contributed by atoms with Gasteiger partial charge in [0.2, 0.25) is 0 Å². The molecule has 1 saturated heterocycles. The molecule has 4 heteroatoms. The summed E-state index contributed by atoms with van der Waals surface area (Å²) in [6.45, 7) is 5.76. The molecule has 15 heavy (non-hydrogen) atoms. The van der Waals surface area contributed by atoms with Gasteiger partial charge >= 0.3 is 5.97 Å². The van der Waals surface area contributed by atoms with Crippen molar-refractivity contribution in [3.05, 3.63) is 11.1 Å². The van der Waals surface area contributed by atoms with Gasteiger partial charge in [0.15, 0.2) is 0 Å². The van der Waals surface area contributed by atoms with E-state index in [1.165, 1.54) is 0 Å². The summed E-state index contributed by atoms with van der Waals surface area (Å²) < 4.78 is 0. The topological polar surface area (TPSA) is 40.5 Å². The first-order valence-electron chi connectivity index (χ1n) is 5.27. The number of halogens is 1. The number of nitrogens with zero attached hydrogens (tertiary/aromatic N) is 1. The Kier molecular flexibility index (Phi) is 4.61. The maximum Gasteiger partial charge on any atom is 0.306 e. The van der Waals surface area contributed by atoms with Crippen LogP contribution in [0.2, 0.25) is 0 Å². The van der Waals surface area contributed by atoms with Gasteiger partial charge in [-0.05, 0) is 38.8 Å². The van der Waals surface area contributed by atoms with Crippen LogP contribution in [0.4, 0.5) is 0 Å². The molecule has 2 unspecified atom stereocenters. The molecular weight excluding hydrogens is 214 g/mol. The minimum absolute atomic E-state index is 0.170. The van der Waals surface area contributed by atoms with Crippen LogP contribution in [0.1, 0.15) is 26.7 Å². The Balaban J connectivity index is 2.49. The summed E-state index contributed by atoms with van der Waals surface area (Å²) in [6, 6.07) is 0.325. The number of likely N-dealkylation sites (tertiary alicyclic amines) is 1. The van der Waals surface area contributed by atoms with E-state index in [0.717, 1.165) is 31.5 Å². The Labute approximate surface area is 95.7 Å². The number of carboxylic acids is 1. The summed E-state index contributed by atoms with van der Waals surface area (Å²) in [5.74, 6) is -0.831.